The van der Waals surface area contributed by atoms with Crippen LogP contribution in [0.5, 0.6) is 0 Å². The van der Waals surface area contributed by atoms with Gasteiger partial charge in [0.25, 0.3) is 0 Å². The summed E-state index contributed by atoms with van der Waals surface area (Å²) in [5, 5.41) is 17.5. The Morgan fingerprint density at radius 3 is 2.95 bits per heavy atom. The first-order chi connectivity index (χ1) is 10.8. The molecule has 0 radical (unpaired) electrons. The zero-order chi connectivity index (χ0) is 14.9. The second kappa shape index (κ2) is 5.19. The molecule has 4 aromatic rings. The van der Waals surface area contributed by atoms with Crippen molar-refractivity contribution in [1.82, 2.24) is 35.2 Å². The average molecular weight is 312 g/mol. The molecule has 4 rings (SSSR count). The third kappa shape index (κ3) is 2.42. The van der Waals surface area contributed by atoms with Crippen LogP contribution in [-0.4, -0.2) is 35.2 Å². The molecule has 1 N–H and O–H groups in total. The number of hydrogen-bond acceptors (Lipinski definition) is 5. The highest BCUT2D eigenvalue weighted by Gasteiger charge is 2.07. The van der Waals surface area contributed by atoms with Gasteiger partial charge in [-0.15, -0.1) is 10.2 Å². The molecular weight excluding hydrogens is 302 g/mol. The number of nitrogens with zero attached hydrogens (tertiary/aromatic N) is 6. The molecule has 22 heavy (non-hydrogen) atoms. The highest BCUT2D eigenvalue weighted by atomic mass is 35.5. The zero-order valence-electron chi connectivity index (χ0n) is 11.3. The number of aromatic amines is 1. The summed E-state index contributed by atoms with van der Waals surface area (Å²) in [5.74, 6) is 0. The van der Waals surface area contributed by atoms with Gasteiger partial charge >= 0.3 is 0 Å². The number of aromatic nitrogens is 7. The van der Waals surface area contributed by atoms with E-state index in [1.165, 1.54) is 0 Å². The standard InChI is InChI=1S/C14H10ClN7/c15-13-2-1-11(18-20-13)7-22-8-12(19-21-22)10-5-9-3-4-16-14(9)17-6-10/h1-6,8H,7H2,(H,16,17). The Kier molecular flexibility index (Phi) is 3.05. The summed E-state index contributed by atoms with van der Waals surface area (Å²) >= 11 is 5.72. The smallest absolute Gasteiger partial charge is 0.151 e. The third-order valence-corrected chi connectivity index (χ3v) is 3.45. The van der Waals surface area contributed by atoms with E-state index in [0.29, 0.717) is 11.7 Å². The van der Waals surface area contributed by atoms with Gasteiger partial charge in [0.15, 0.2) is 5.15 Å². The summed E-state index contributed by atoms with van der Waals surface area (Å²) in [7, 11) is 0. The van der Waals surface area contributed by atoms with Gasteiger partial charge in [0, 0.05) is 23.3 Å². The summed E-state index contributed by atoms with van der Waals surface area (Å²) < 4.78 is 1.70. The van der Waals surface area contributed by atoms with Crippen LogP contribution in [0.4, 0.5) is 0 Å². The molecule has 0 atom stereocenters. The Balaban J connectivity index is 1.61. The molecular formula is C14H10ClN7. The first kappa shape index (κ1) is 12.9. The SMILES string of the molecule is Clc1ccc(Cn2cc(-c3cnc4[nH]ccc4c3)nn2)nn1. The summed E-state index contributed by atoms with van der Waals surface area (Å²) in [5.41, 5.74) is 3.30. The quantitative estimate of drug-likeness (QED) is 0.627. The highest BCUT2D eigenvalue weighted by Crippen LogP contribution is 2.20. The molecule has 0 aromatic carbocycles. The van der Waals surface area contributed by atoms with E-state index in [4.69, 9.17) is 11.6 Å². The lowest BCUT2D eigenvalue weighted by molar-refractivity contribution is 0.632. The topological polar surface area (TPSA) is 85.2 Å². The fraction of sp³-hybridized carbons (Fsp3) is 0.0714. The first-order valence-electron chi connectivity index (χ1n) is 6.60. The maximum absolute atomic E-state index is 5.72. The fourth-order valence-corrected chi connectivity index (χ4v) is 2.28. The second-order valence-corrected chi connectivity index (χ2v) is 5.18. The lowest BCUT2D eigenvalue weighted by Gasteiger charge is -1.98. The van der Waals surface area contributed by atoms with Gasteiger partial charge in [-0.2, -0.15) is 5.10 Å². The zero-order valence-corrected chi connectivity index (χ0v) is 12.1. The van der Waals surface area contributed by atoms with Crippen molar-refractivity contribution in [2.45, 2.75) is 6.54 Å². The van der Waals surface area contributed by atoms with Crippen LogP contribution in [0.15, 0.2) is 42.9 Å². The van der Waals surface area contributed by atoms with E-state index in [2.05, 4.69) is 30.5 Å². The molecule has 0 aliphatic carbocycles. The minimum Gasteiger partial charge on any atom is -0.346 e. The summed E-state index contributed by atoms with van der Waals surface area (Å²) in [6.07, 6.45) is 5.48. The second-order valence-electron chi connectivity index (χ2n) is 4.79. The Morgan fingerprint density at radius 2 is 2.09 bits per heavy atom. The van der Waals surface area contributed by atoms with Crippen LogP contribution in [-0.2, 0) is 6.54 Å². The van der Waals surface area contributed by atoms with Crippen molar-refractivity contribution < 1.29 is 0 Å². The predicted molar refractivity (Wildman–Crippen MR) is 81.3 cm³/mol. The molecule has 4 heterocycles. The predicted octanol–water partition coefficient (Wildman–Crippen LogP) is 2.31. The van der Waals surface area contributed by atoms with E-state index in [1.54, 1.807) is 16.9 Å². The van der Waals surface area contributed by atoms with Crippen LogP contribution in [0.2, 0.25) is 5.15 Å². The molecule has 0 saturated carbocycles. The molecule has 0 aliphatic heterocycles. The number of pyridine rings is 1. The highest BCUT2D eigenvalue weighted by molar-refractivity contribution is 6.29. The minimum atomic E-state index is 0.369. The largest absolute Gasteiger partial charge is 0.346 e. The lowest BCUT2D eigenvalue weighted by atomic mass is 10.2. The molecule has 0 unspecified atom stereocenters. The fourth-order valence-electron chi connectivity index (χ4n) is 2.18. The average Bonchev–Trinajstić information content (AvgIpc) is 3.17. The van der Waals surface area contributed by atoms with Gasteiger partial charge in [0.1, 0.15) is 11.3 Å². The van der Waals surface area contributed by atoms with Crippen LogP contribution < -0.4 is 0 Å². The number of hydrogen-bond donors (Lipinski definition) is 1. The van der Waals surface area contributed by atoms with Crippen LogP contribution in [0, 0.1) is 0 Å². The van der Waals surface area contributed by atoms with Crippen molar-refractivity contribution in [3.63, 3.8) is 0 Å². The maximum Gasteiger partial charge on any atom is 0.151 e. The third-order valence-electron chi connectivity index (χ3n) is 3.25. The Hall–Kier alpha value is -2.80. The summed E-state index contributed by atoms with van der Waals surface area (Å²) in [4.78, 5) is 7.41. The van der Waals surface area contributed by atoms with Crippen LogP contribution >= 0.6 is 11.6 Å². The van der Waals surface area contributed by atoms with Gasteiger partial charge < -0.3 is 4.98 Å². The number of halogens is 1. The van der Waals surface area contributed by atoms with E-state index in [1.807, 2.05) is 30.6 Å². The van der Waals surface area contributed by atoms with Gasteiger partial charge in [-0.1, -0.05) is 16.8 Å². The Labute approximate surface area is 130 Å². The van der Waals surface area contributed by atoms with Gasteiger partial charge in [-0.3, -0.25) is 0 Å². The summed E-state index contributed by atoms with van der Waals surface area (Å²) in [6.45, 7) is 0.483. The van der Waals surface area contributed by atoms with E-state index >= 15 is 0 Å². The van der Waals surface area contributed by atoms with Crippen LogP contribution in [0.3, 0.4) is 0 Å². The van der Waals surface area contributed by atoms with E-state index < -0.39 is 0 Å². The molecule has 0 bridgehead atoms. The van der Waals surface area contributed by atoms with Gasteiger partial charge in [0.2, 0.25) is 0 Å². The Bertz CT molecular complexity index is 926. The van der Waals surface area contributed by atoms with Gasteiger partial charge in [-0.05, 0) is 24.3 Å². The minimum absolute atomic E-state index is 0.369. The lowest BCUT2D eigenvalue weighted by Crippen LogP contribution is -2.03. The Morgan fingerprint density at radius 1 is 1.14 bits per heavy atom. The number of H-pyrrole nitrogens is 1. The first-order valence-corrected chi connectivity index (χ1v) is 6.97. The number of rotatable bonds is 3. The molecule has 0 fully saturated rings. The van der Waals surface area contributed by atoms with Crippen molar-refractivity contribution in [2.75, 3.05) is 0 Å². The molecule has 0 aliphatic rings. The molecule has 8 heteroatoms. The van der Waals surface area contributed by atoms with E-state index in [-0.39, 0.29) is 0 Å². The van der Waals surface area contributed by atoms with Gasteiger partial charge in [-0.25, -0.2) is 9.67 Å². The molecule has 0 saturated heterocycles. The molecule has 7 nitrogen and oxygen atoms in total. The molecule has 0 amide bonds. The maximum atomic E-state index is 5.72. The normalized spacial score (nSPS) is 11.1. The summed E-state index contributed by atoms with van der Waals surface area (Å²) in [6, 6.07) is 7.50. The van der Waals surface area contributed by atoms with E-state index in [0.717, 1.165) is 28.0 Å². The molecule has 108 valence electrons. The van der Waals surface area contributed by atoms with Crippen molar-refractivity contribution >= 4 is 22.6 Å². The van der Waals surface area contributed by atoms with Crippen molar-refractivity contribution in [3.05, 3.63) is 53.7 Å². The van der Waals surface area contributed by atoms with Crippen molar-refractivity contribution in [2.24, 2.45) is 0 Å². The monoisotopic (exact) mass is 311 g/mol. The molecule has 4 aromatic heterocycles. The molecule has 0 spiro atoms. The van der Waals surface area contributed by atoms with Crippen LogP contribution in [0.1, 0.15) is 5.69 Å². The van der Waals surface area contributed by atoms with E-state index in [9.17, 15) is 0 Å². The number of nitrogens with one attached hydrogen (secondary N) is 1. The van der Waals surface area contributed by atoms with Crippen LogP contribution in [0.25, 0.3) is 22.3 Å². The number of fused-ring (bicyclic) bond motifs is 1. The van der Waals surface area contributed by atoms with Crippen molar-refractivity contribution in [1.29, 1.82) is 0 Å². The van der Waals surface area contributed by atoms with Gasteiger partial charge in [0.05, 0.1) is 18.4 Å². The van der Waals surface area contributed by atoms with Crippen molar-refractivity contribution in [3.8, 4) is 11.3 Å².